The van der Waals surface area contributed by atoms with Crippen LogP contribution in [-0.4, -0.2) is 25.2 Å². The van der Waals surface area contributed by atoms with E-state index >= 15 is 0 Å². The van der Waals surface area contributed by atoms with Gasteiger partial charge in [-0.2, -0.15) is 5.26 Å². The van der Waals surface area contributed by atoms with E-state index in [0.717, 1.165) is 0 Å². The Bertz CT molecular complexity index is 306. The number of hydrogen-bond donors (Lipinski definition) is 0. The molecular weight excluding hydrogens is 210 g/mol. The fourth-order valence-corrected chi connectivity index (χ4v) is 1.01. The molecule has 0 aliphatic rings. The van der Waals surface area contributed by atoms with E-state index in [0.29, 0.717) is 0 Å². The molecule has 0 amide bonds. The van der Waals surface area contributed by atoms with Gasteiger partial charge in [-0.25, -0.2) is 0 Å². The highest BCUT2D eigenvalue weighted by Crippen LogP contribution is 2.14. The van der Waals surface area contributed by atoms with Crippen LogP contribution in [0.5, 0.6) is 0 Å². The summed E-state index contributed by atoms with van der Waals surface area (Å²) >= 11 is 0. The Morgan fingerprint density at radius 3 is 2.50 bits per heavy atom. The van der Waals surface area contributed by atoms with Gasteiger partial charge < -0.3 is 9.47 Å². The van der Waals surface area contributed by atoms with Gasteiger partial charge in [0.05, 0.1) is 18.6 Å². The molecule has 0 spiro atoms. The zero-order valence-corrected chi connectivity index (χ0v) is 9.43. The lowest BCUT2D eigenvalue weighted by molar-refractivity contribution is -0.156. The number of nitriles is 1. The topological polar surface area (TPSA) is 76.4 Å². The Morgan fingerprint density at radius 2 is 2.06 bits per heavy atom. The number of carbonyl (C=O) groups excluding carboxylic acids is 2. The Morgan fingerprint density at radius 1 is 1.44 bits per heavy atom. The van der Waals surface area contributed by atoms with Crippen molar-refractivity contribution >= 4 is 11.9 Å². The Labute approximate surface area is 94.6 Å². The van der Waals surface area contributed by atoms with Crippen LogP contribution in [0, 0.1) is 23.2 Å². The van der Waals surface area contributed by atoms with Crippen molar-refractivity contribution in [3.63, 3.8) is 0 Å². The predicted molar refractivity (Wildman–Crippen MR) is 56.1 cm³/mol. The fraction of sp³-hybridized carbons (Fsp3) is 0.545. The minimum absolute atomic E-state index is 0.0204. The number of nitrogens with zero attached hydrogens (tertiary/aromatic N) is 1. The van der Waals surface area contributed by atoms with E-state index in [9.17, 15) is 9.59 Å². The number of rotatable bonds is 6. The van der Waals surface area contributed by atoms with Crippen LogP contribution in [0.1, 0.15) is 13.8 Å². The smallest absolute Gasteiger partial charge is 0.324 e. The first-order valence-electron chi connectivity index (χ1n) is 4.92. The zero-order chi connectivity index (χ0) is 12.6. The van der Waals surface area contributed by atoms with Crippen LogP contribution in [-0.2, 0) is 19.1 Å². The first-order valence-corrected chi connectivity index (χ1v) is 4.92. The van der Waals surface area contributed by atoms with Crippen LogP contribution in [0.2, 0.25) is 0 Å². The molecule has 0 unspecified atom stereocenters. The lowest BCUT2D eigenvalue weighted by atomic mass is 9.96. The largest absolute Gasteiger partial charge is 0.466 e. The summed E-state index contributed by atoms with van der Waals surface area (Å²) in [7, 11) is 0. The minimum atomic E-state index is -1.14. The van der Waals surface area contributed by atoms with Crippen molar-refractivity contribution in [2.45, 2.75) is 13.8 Å². The van der Waals surface area contributed by atoms with Crippen molar-refractivity contribution in [1.29, 1.82) is 5.26 Å². The molecule has 0 heterocycles. The van der Waals surface area contributed by atoms with E-state index in [-0.39, 0.29) is 13.2 Å². The molecule has 5 heteroatoms. The SMILES string of the molecule is C=CCOC(=O)[C@H](C#N)[C@H](C)C(=O)OCC. The lowest BCUT2D eigenvalue weighted by Gasteiger charge is -2.14. The van der Waals surface area contributed by atoms with Gasteiger partial charge in [-0.3, -0.25) is 9.59 Å². The number of ether oxygens (including phenoxy) is 2. The van der Waals surface area contributed by atoms with E-state index in [1.165, 1.54) is 13.0 Å². The highest BCUT2D eigenvalue weighted by atomic mass is 16.5. The average Bonchev–Trinajstić information content (AvgIpc) is 2.27. The minimum Gasteiger partial charge on any atom is -0.466 e. The second-order valence-electron chi connectivity index (χ2n) is 3.07. The molecule has 0 bridgehead atoms. The van der Waals surface area contributed by atoms with Gasteiger partial charge in [0.2, 0.25) is 0 Å². The van der Waals surface area contributed by atoms with Gasteiger partial charge in [0, 0.05) is 0 Å². The van der Waals surface area contributed by atoms with E-state index in [1.807, 2.05) is 0 Å². The van der Waals surface area contributed by atoms with Gasteiger partial charge in [-0.1, -0.05) is 19.6 Å². The molecule has 0 fully saturated rings. The molecule has 0 aromatic heterocycles. The van der Waals surface area contributed by atoms with Crippen molar-refractivity contribution in [2.75, 3.05) is 13.2 Å². The van der Waals surface area contributed by atoms with Crippen molar-refractivity contribution in [3.05, 3.63) is 12.7 Å². The maximum absolute atomic E-state index is 11.4. The highest BCUT2D eigenvalue weighted by Gasteiger charge is 2.32. The Balaban J connectivity index is 4.48. The molecule has 0 N–H and O–H groups in total. The molecule has 0 rings (SSSR count). The van der Waals surface area contributed by atoms with Crippen molar-refractivity contribution in [1.82, 2.24) is 0 Å². The van der Waals surface area contributed by atoms with Crippen LogP contribution >= 0.6 is 0 Å². The summed E-state index contributed by atoms with van der Waals surface area (Å²) in [5.41, 5.74) is 0. The van der Waals surface area contributed by atoms with Gasteiger partial charge in [-0.15, -0.1) is 0 Å². The van der Waals surface area contributed by atoms with Gasteiger partial charge in [0.25, 0.3) is 0 Å². The van der Waals surface area contributed by atoms with Crippen LogP contribution in [0.25, 0.3) is 0 Å². The normalized spacial score (nSPS) is 13.1. The number of carbonyl (C=O) groups is 2. The second-order valence-corrected chi connectivity index (χ2v) is 3.07. The maximum Gasteiger partial charge on any atom is 0.324 e. The second kappa shape index (κ2) is 7.46. The quantitative estimate of drug-likeness (QED) is 0.499. The van der Waals surface area contributed by atoms with Gasteiger partial charge >= 0.3 is 11.9 Å². The van der Waals surface area contributed by atoms with E-state index in [2.05, 4.69) is 6.58 Å². The van der Waals surface area contributed by atoms with Crippen LogP contribution < -0.4 is 0 Å². The van der Waals surface area contributed by atoms with Crippen LogP contribution in [0.3, 0.4) is 0 Å². The molecule has 0 radical (unpaired) electrons. The van der Waals surface area contributed by atoms with Gasteiger partial charge in [0.1, 0.15) is 6.61 Å². The van der Waals surface area contributed by atoms with Crippen molar-refractivity contribution in [2.24, 2.45) is 11.8 Å². The molecule has 0 aromatic rings. The molecule has 5 nitrogen and oxygen atoms in total. The number of esters is 2. The lowest BCUT2D eigenvalue weighted by Crippen LogP contribution is -2.29. The fourth-order valence-electron chi connectivity index (χ4n) is 1.01. The predicted octanol–water partition coefficient (Wildman–Crippen LogP) is 1.05. The Kier molecular flexibility index (Phi) is 6.61. The van der Waals surface area contributed by atoms with Gasteiger partial charge in [-0.05, 0) is 6.92 Å². The zero-order valence-electron chi connectivity index (χ0n) is 9.43. The maximum atomic E-state index is 11.4. The molecule has 2 atom stereocenters. The molecular formula is C11H15NO4. The Hall–Kier alpha value is -1.83. The molecule has 0 aliphatic heterocycles. The third kappa shape index (κ3) is 4.13. The number of hydrogen-bond acceptors (Lipinski definition) is 5. The first-order chi connectivity index (χ1) is 7.58. The summed E-state index contributed by atoms with van der Waals surface area (Å²) in [6.45, 7) is 6.72. The molecule has 0 aliphatic carbocycles. The third-order valence-corrected chi connectivity index (χ3v) is 1.89. The van der Waals surface area contributed by atoms with E-state index in [1.54, 1.807) is 13.0 Å². The molecule has 0 saturated heterocycles. The summed E-state index contributed by atoms with van der Waals surface area (Å²) < 4.78 is 9.43. The standard InChI is InChI=1S/C11H15NO4/c1-4-6-16-11(14)9(7-12)8(3)10(13)15-5-2/h4,8-9H,1,5-6H2,2-3H3/t8-,9+/m0/s1. The van der Waals surface area contributed by atoms with Crippen molar-refractivity contribution in [3.8, 4) is 6.07 Å². The summed E-state index contributed by atoms with van der Waals surface area (Å²) in [5.74, 6) is -3.28. The third-order valence-electron chi connectivity index (χ3n) is 1.89. The summed E-state index contributed by atoms with van der Waals surface area (Å²) in [6.07, 6.45) is 1.39. The summed E-state index contributed by atoms with van der Waals surface area (Å²) in [5, 5.41) is 8.80. The monoisotopic (exact) mass is 225 g/mol. The molecule has 0 saturated carbocycles. The van der Waals surface area contributed by atoms with Crippen LogP contribution in [0.4, 0.5) is 0 Å². The highest BCUT2D eigenvalue weighted by molar-refractivity contribution is 5.83. The summed E-state index contributed by atoms with van der Waals surface area (Å²) in [6, 6.07) is 1.74. The molecule has 16 heavy (non-hydrogen) atoms. The van der Waals surface area contributed by atoms with Crippen LogP contribution in [0.15, 0.2) is 12.7 Å². The van der Waals surface area contributed by atoms with E-state index < -0.39 is 23.8 Å². The molecule has 0 aromatic carbocycles. The first kappa shape index (κ1) is 14.2. The summed E-state index contributed by atoms with van der Waals surface area (Å²) in [4.78, 5) is 22.7. The molecule has 88 valence electrons. The van der Waals surface area contributed by atoms with Gasteiger partial charge in [0.15, 0.2) is 5.92 Å². The average molecular weight is 225 g/mol. The van der Waals surface area contributed by atoms with E-state index in [4.69, 9.17) is 14.7 Å². The van der Waals surface area contributed by atoms with Crippen molar-refractivity contribution < 1.29 is 19.1 Å².